The molecule has 0 heterocycles. The van der Waals surface area contributed by atoms with Crippen molar-refractivity contribution in [2.45, 2.75) is 13.5 Å². The molecule has 0 radical (unpaired) electrons. The number of rotatable bonds is 5. The first kappa shape index (κ1) is 15.1. The Morgan fingerprint density at radius 3 is 2.47 bits per heavy atom. The summed E-state index contributed by atoms with van der Waals surface area (Å²) in [6.07, 6.45) is -1.61. The van der Waals surface area contributed by atoms with Gasteiger partial charge >= 0.3 is 12.2 Å². The van der Waals surface area contributed by atoms with Crippen LogP contribution in [0.2, 0.25) is 0 Å². The maximum Gasteiger partial charge on any atom is 0.411 e. The summed E-state index contributed by atoms with van der Waals surface area (Å²) in [5, 5.41) is 10.7. The monoisotopic (exact) mass is 286 g/mol. The molecule has 0 saturated carbocycles. The molecule has 0 aliphatic heterocycles. The predicted molar refractivity (Wildman–Crippen MR) is 71.4 cm³/mol. The van der Waals surface area contributed by atoms with Gasteiger partial charge in [0, 0.05) is 12.2 Å². The zero-order valence-electron chi connectivity index (χ0n) is 10.4. The molecule has 1 aromatic carbocycles. The molecular formula is C12H15ClN2O4. The van der Waals surface area contributed by atoms with Crippen LogP contribution in [0, 0.1) is 0 Å². The maximum absolute atomic E-state index is 11.5. The molecule has 6 nitrogen and oxygen atoms in total. The molecule has 2 N–H and O–H groups in total. The third kappa shape index (κ3) is 5.05. The first-order valence-corrected chi connectivity index (χ1v) is 6.16. The molecule has 19 heavy (non-hydrogen) atoms. The summed E-state index contributed by atoms with van der Waals surface area (Å²) < 4.78 is 5.06. The van der Waals surface area contributed by atoms with Crippen molar-refractivity contribution in [3.05, 3.63) is 29.8 Å². The normalized spacial score (nSPS) is 9.79. The number of alkyl halides is 1. The van der Waals surface area contributed by atoms with Crippen LogP contribution < -0.4 is 5.32 Å². The van der Waals surface area contributed by atoms with Crippen molar-refractivity contribution >= 4 is 29.5 Å². The number of nitrogens with zero attached hydrogens (tertiary/aromatic N) is 1. The summed E-state index contributed by atoms with van der Waals surface area (Å²) in [5.41, 5.74) is 1.22. The predicted octanol–water partition coefficient (Wildman–Crippen LogP) is 2.93. The van der Waals surface area contributed by atoms with E-state index in [1.165, 1.54) is 4.90 Å². The average molecular weight is 287 g/mol. The van der Waals surface area contributed by atoms with E-state index < -0.39 is 12.2 Å². The highest BCUT2D eigenvalue weighted by molar-refractivity contribution is 6.18. The smallest absolute Gasteiger partial charge is 0.411 e. The summed E-state index contributed by atoms with van der Waals surface area (Å²) in [5.74, 6) is 0. The summed E-state index contributed by atoms with van der Waals surface area (Å²) in [6, 6.07) is 6.62. The van der Waals surface area contributed by atoms with Gasteiger partial charge in [-0.05, 0) is 24.6 Å². The fraction of sp³-hybridized carbons (Fsp3) is 0.333. The van der Waals surface area contributed by atoms with E-state index in [0.717, 1.165) is 5.56 Å². The second kappa shape index (κ2) is 7.48. The fourth-order valence-corrected chi connectivity index (χ4v) is 1.57. The van der Waals surface area contributed by atoms with Crippen LogP contribution in [-0.4, -0.2) is 34.7 Å². The Balaban J connectivity index is 2.50. The quantitative estimate of drug-likeness (QED) is 0.644. The summed E-state index contributed by atoms with van der Waals surface area (Å²) in [4.78, 5) is 23.3. The SMILES string of the molecule is CCN(CCl)C(=O)OCc1ccc(NC(=O)O)cc1. The lowest BCUT2D eigenvalue weighted by atomic mass is 10.2. The molecule has 2 amide bonds. The van der Waals surface area contributed by atoms with Gasteiger partial charge in [0.1, 0.15) is 6.61 Å². The Labute approximate surface area is 115 Å². The van der Waals surface area contributed by atoms with Gasteiger partial charge in [-0.1, -0.05) is 12.1 Å². The van der Waals surface area contributed by atoms with Gasteiger partial charge in [0.15, 0.2) is 0 Å². The molecule has 1 aromatic rings. The van der Waals surface area contributed by atoms with Crippen LogP contribution in [0.5, 0.6) is 0 Å². The van der Waals surface area contributed by atoms with E-state index in [-0.39, 0.29) is 12.6 Å². The van der Waals surface area contributed by atoms with E-state index in [9.17, 15) is 9.59 Å². The number of carbonyl (C=O) groups is 2. The number of carboxylic acid groups (broad SMARTS) is 1. The molecule has 0 aromatic heterocycles. The van der Waals surface area contributed by atoms with Gasteiger partial charge in [-0.15, -0.1) is 11.6 Å². The van der Waals surface area contributed by atoms with Gasteiger partial charge in [-0.25, -0.2) is 9.59 Å². The maximum atomic E-state index is 11.5. The van der Waals surface area contributed by atoms with Gasteiger partial charge < -0.3 is 9.84 Å². The standard InChI is InChI=1S/C12H15ClN2O4/c1-2-15(8-13)12(18)19-7-9-3-5-10(6-4-9)14-11(16)17/h3-6,14H,2,7-8H2,1H3,(H,16,17). The van der Waals surface area contributed by atoms with Crippen LogP contribution in [0.4, 0.5) is 15.3 Å². The number of ether oxygens (including phenoxy) is 1. The lowest BCUT2D eigenvalue weighted by Crippen LogP contribution is -2.30. The highest BCUT2D eigenvalue weighted by Crippen LogP contribution is 2.11. The van der Waals surface area contributed by atoms with Crippen LogP contribution in [0.1, 0.15) is 12.5 Å². The minimum Gasteiger partial charge on any atom is -0.465 e. The number of halogens is 1. The molecule has 104 valence electrons. The van der Waals surface area contributed by atoms with Crippen molar-refractivity contribution in [2.75, 3.05) is 17.9 Å². The molecule has 7 heteroatoms. The third-order valence-electron chi connectivity index (χ3n) is 2.35. The lowest BCUT2D eigenvalue weighted by molar-refractivity contribution is 0.104. The van der Waals surface area contributed by atoms with Crippen molar-refractivity contribution in [3.8, 4) is 0 Å². The van der Waals surface area contributed by atoms with Crippen molar-refractivity contribution < 1.29 is 19.4 Å². The molecule has 0 bridgehead atoms. The van der Waals surface area contributed by atoms with Gasteiger partial charge in [-0.3, -0.25) is 10.2 Å². The van der Waals surface area contributed by atoms with E-state index in [4.69, 9.17) is 21.4 Å². The fourth-order valence-electron chi connectivity index (χ4n) is 1.31. The van der Waals surface area contributed by atoms with Crippen LogP contribution in [0.3, 0.4) is 0 Å². The summed E-state index contributed by atoms with van der Waals surface area (Å²) in [6.45, 7) is 2.39. The van der Waals surface area contributed by atoms with E-state index in [0.29, 0.717) is 12.2 Å². The Morgan fingerprint density at radius 2 is 2.00 bits per heavy atom. The molecule has 1 rings (SSSR count). The number of hydrogen-bond donors (Lipinski definition) is 2. The zero-order valence-corrected chi connectivity index (χ0v) is 11.2. The molecule has 0 fully saturated rings. The van der Waals surface area contributed by atoms with E-state index in [1.807, 2.05) is 0 Å². The zero-order chi connectivity index (χ0) is 14.3. The highest BCUT2D eigenvalue weighted by atomic mass is 35.5. The average Bonchev–Trinajstić information content (AvgIpc) is 2.38. The van der Waals surface area contributed by atoms with Gasteiger partial charge in [0.2, 0.25) is 0 Å². The molecular weight excluding hydrogens is 272 g/mol. The molecule has 0 spiro atoms. The van der Waals surface area contributed by atoms with Gasteiger partial charge in [0.05, 0.1) is 6.00 Å². The van der Waals surface area contributed by atoms with Gasteiger partial charge in [0.25, 0.3) is 0 Å². The molecule has 0 unspecified atom stereocenters. The van der Waals surface area contributed by atoms with Gasteiger partial charge in [-0.2, -0.15) is 0 Å². The van der Waals surface area contributed by atoms with E-state index in [2.05, 4.69) is 5.32 Å². The van der Waals surface area contributed by atoms with Crippen molar-refractivity contribution in [3.63, 3.8) is 0 Å². The molecule has 0 atom stereocenters. The Bertz CT molecular complexity index is 432. The Hall–Kier alpha value is -1.95. The number of carbonyl (C=O) groups excluding carboxylic acids is 1. The first-order valence-electron chi connectivity index (χ1n) is 5.63. The van der Waals surface area contributed by atoms with Crippen molar-refractivity contribution in [1.29, 1.82) is 0 Å². The van der Waals surface area contributed by atoms with Crippen molar-refractivity contribution in [1.82, 2.24) is 4.90 Å². The Morgan fingerprint density at radius 1 is 1.37 bits per heavy atom. The van der Waals surface area contributed by atoms with Crippen LogP contribution in [0.25, 0.3) is 0 Å². The van der Waals surface area contributed by atoms with Crippen LogP contribution in [-0.2, 0) is 11.3 Å². The lowest BCUT2D eigenvalue weighted by Gasteiger charge is -2.16. The number of amides is 2. The number of benzene rings is 1. The second-order valence-corrected chi connectivity index (χ2v) is 3.90. The second-order valence-electron chi connectivity index (χ2n) is 3.66. The molecule has 0 saturated heterocycles. The van der Waals surface area contributed by atoms with E-state index >= 15 is 0 Å². The number of anilines is 1. The first-order chi connectivity index (χ1) is 9.06. The largest absolute Gasteiger partial charge is 0.465 e. The third-order valence-corrected chi connectivity index (χ3v) is 2.64. The number of nitrogens with one attached hydrogen (secondary N) is 1. The van der Waals surface area contributed by atoms with E-state index in [1.54, 1.807) is 31.2 Å². The molecule has 0 aliphatic rings. The van der Waals surface area contributed by atoms with Crippen LogP contribution >= 0.6 is 11.6 Å². The highest BCUT2D eigenvalue weighted by Gasteiger charge is 2.11. The van der Waals surface area contributed by atoms with Crippen molar-refractivity contribution in [2.24, 2.45) is 0 Å². The summed E-state index contributed by atoms with van der Waals surface area (Å²) >= 11 is 5.57. The number of hydrogen-bond acceptors (Lipinski definition) is 3. The van der Waals surface area contributed by atoms with Crippen LogP contribution in [0.15, 0.2) is 24.3 Å². The minimum absolute atomic E-state index is 0.0802. The summed E-state index contributed by atoms with van der Waals surface area (Å²) in [7, 11) is 0. The molecule has 0 aliphatic carbocycles. The topological polar surface area (TPSA) is 78.9 Å². The Kier molecular flexibility index (Phi) is 5.95. The minimum atomic E-state index is -1.13.